The van der Waals surface area contributed by atoms with Crippen molar-refractivity contribution in [3.63, 3.8) is 0 Å². The molecule has 1 unspecified atom stereocenters. The summed E-state index contributed by atoms with van der Waals surface area (Å²) in [6.45, 7) is 0. The third kappa shape index (κ3) is 2.73. The maximum Gasteiger partial charge on any atom is 0.167 e. The Labute approximate surface area is 114 Å². The summed E-state index contributed by atoms with van der Waals surface area (Å²) in [7, 11) is 1.59. The van der Waals surface area contributed by atoms with Gasteiger partial charge in [0.25, 0.3) is 0 Å². The molecule has 0 amide bonds. The first-order chi connectivity index (χ1) is 8.74. The lowest BCUT2D eigenvalue weighted by Crippen LogP contribution is -2.08. The molecular weight excluding hydrogens is 270 g/mol. The molecule has 4 nitrogen and oxygen atoms in total. The number of rotatable bonds is 4. The van der Waals surface area contributed by atoms with Crippen molar-refractivity contribution < 1.29 is 4.74 Å². The van der Waals surface area contributed by atoms with Crippen LogP contribution in [0.1, 0.15) is 11.0 Å². The molecule has 2 rings (SSSR count). The number of nitrogens with one attached hydrogen (secondary N) is 1. The SMILES string of the molecule is COc1ccccc1NC(C#N)c1ncc(Cl)s1. The Morgan fingerprint density at radius 2 is 2.28 bits per heavy atom. The van der Waals surface area contributed by atoms with Crippen molar-refractivity contribution in [1.29, 1.82) is 5.26 Å². The van der Waals surface area contributed by atoms with E-state index in [2.05, 4.69) is 16.4 Å². The minimum absolute atomic E-state index is 0.543. The summed E-state index contributed by atoms with van der Waals surface area (Å²) in [5.41, 5.74) is 0.748. The molecule has 0 aliphatic carbocycles. The molecule has 1 N–H and O–H groups in total. The van der Waals surface area contributed by atoms with Crippen molar-refractivity contribution in [2.75, 3.05) is 12.4 Å². The molecule has 1 aromatic heterocycles. The van der Waals surface area contributed by atoms with Gasteiger partial charge in [-0.3, -0.25) is 0 Å². The Morgan fingerprint density at radius 3 is 2.89 bits per heavy atom. The van der Waals surface area contributed by atoms with Crippen LogP contribution in [0.3, 0.4) is 0 Å². The number of halogens is 1. The van der Waals surface area contributed by atoms with E-state index < -0.39 is 6.04 Å². The fraction of sp³-hybridized carbons (Fsp3) is 0.167. The Morgan fingerprint density at radius 1 is 1.50 bits per heavy atom. The molecule has 6 heteroatoms. The van der Waals surface area contributed by atoms with Crippen LogP contribution in [0, 0.1) is 11.3 Å². The summed E-state index contributed by atoms with van der Waals surface area (Å²) in [6.07, 6.45) is 1.54. The topological polar surface area (TPSA) is 57.9 Å². The zero-order chi connectivity index (χ0) is 13.0. The Bertz CT molecular complexity index is 579. The highest BCUT2D eigenvalue weighted by Crippen LogP contribution is 2.30. The van der Waals surface area contributed by atoms with Crippen molar-refractivity contribution in [3.8, 4) is 11.8 Å². The number of benzene rings is 1. The lowest BCUT2D eigenvalue weighted by atomic mass is 10.2. The van der Waals surface area contributed by atoms with Crippen LogP contribution < -0.4 is 10.1 Å². The maximum absolute atomic E-state index is 9.18. The number of hydrogen-bond donors (Lipinski definition) is 1. The van der Waals surface area contributed by atoms with Crippen LogP contribution >= 0.6 is 22.9 Å². The number of anilines is 1. The zero-order valence-electron chi connectivity index (χ0n) is 9.55. The number of thiazole rings is 1. The van der Waals surface area contributed by atoms with Crippen LogP contribution in [0.4, 0.5) is 5.69 Å². The third-order valence-electron chi connectivity index (χ3n) is 2.28. The van der Waals surface area contributed by atoms with Gasteiger partial charge in [0.2, 0.25) is 0 Å². The third-order valence-corrected chi connectivity index (χ3v) is 3.46. The molecule has 1 atom stereocenters. The summed E-state index contributed by atoms with van der Waals surface area (Å²) < 4.78 is 5.78. The average Bonchev–Trinajstić information content (AvgIpc) is 2.83. The molecule has 2 aromatic rings. The molecule has 0 spiro atoms. The molecule has 92 valence electrons. The van der Waals surface area contributed by atoms with Crippen LogP contribution in [0.2, 0.25) is 4.34 Å². The van der Waals surface area contributed by atoms with Crippen molar-refractivity contribution in [2.24, 2.45) is 0 Å². The highest BCUT2D eigenvalue weighted by molar-refractivity contribution is 7.15. The maximum atomic E-state index is 9.18. The van der Waals surface area contributed by atoms with E-state index in [0.717, 1.165) is 5.69 Å². The standard InChI is InChI=1S/C12H10ClN3OS/c1-17-10-5-3-2-4-8(10)16-9(6-14)12-15-7-11(13)18-12/h2-5,7,9,16H,1H3. The van der Waals surface area contributed by atoms with E-state index in [1.54, 1.807) is 7.11 Å². The Balaban J connectivity index is 2.24. The van der Waals surface area contributed by atoms with E-state index >= 15 is 0 Å². The number of aromatic nitrogens is 1. The lowest BCUT2D eigenvalue weighted by Gasteiger charge is -2.13. The summed E-state index contributed by atoms with van der Waals surface area (Å²) in [6, 6.07) is 9.02. The van der Waals surface area contributed by atoms with Gasteiger partial charge in [0.15, 0.2) is 6.04 Å². The molecular formula is C12H10ClN3OS. The number of methoxy groups -OCH3 is 1. The minimum atomic E-state index is -0.543. The van der Waals surface area contributed by atoms with Gasteiger partial charge in [0.1, 0.15) is 15.1 Å². The van der Waals surface area contributed by atoms with Crippen LogP contribution in [0.5, 0.6) is 5.75 Å². The first-order valence-electron chi connectivity index (χ1n) is 5.15. The van der Waals surface area contributed by atoms with Gasteiger partial charge in [-0.15, -0.1) is 11.3 Å². The molecule has 0 bridgehead atoms. The van der Waals surface area contributed by atoms with Crippen molar-refractivity contribution in [3.05, 3.63) is 39.8 Å². The van der Waals surface area contributed by atoms with E-state index in [1.807, 2.05) is 24.3 Å². The molecule has 18 heavy (non-hydrogen) atoms. The normalized spacial score (nSPS) is 11.6. The summed E-state index contributed by atoms with van der Waals surface area (Å²) in [5, 5.41) is 12.9. The molecule has 0 fully saturated rings. The molecule has 0 aliphatic rings. The fourth-order valence-electron chi connectivity index (χ4n) is 1.47. The quantitative estimate of drug-likeness (QED) is 0.931. The lowest BCUT2D eigenvalue weighted by molar-refractivity contribution is 0.416. The highest BCUT2D eigenvalue weighted by atomic mass is 35.5. The monoisotopic (exact) mass is 279 g/mol. The van der Waals surface area contributed by atoms with Gasteiger partial charge in [-0.1, -0.05) is 23.7 Å². The molecule has 0 saturated heterocycles. The molecule has 0 radical (unpaired) electrons. The van der Waals surface area contributed by atoms with Gasteiger partial charge in [-0.25, -0.2) is 4.98 Å². The van der Waals surface area contributed by atoms with E-state index in [4.69, 9.17) is 16.3 Å². The van der Waals surface area contributed by atoms with Crippen LogP contribution in [-0.2, 0) is 0 Å². The smallest absolute Gasteiger partial charge is 0.167 e. The number of hydrogen-bond acceptors (Lipinski definition) is 5. The summed E-state index contributed by atoms with van der Waals surface area (Å²) in [4.78, 5) is 4.10. The van der Waals surface area contributed by atoms with E-state index in [9.17, 15) is 5.26 Å². The summed E-state index contributed by atoms with van der Waals surface area (Å²) in [5.74, 6) is 0.681. The van der Waals surface area contributed by atoms with Crippen molar-refractivity contribution in [1.82, 2.24) is 4.98 Å². The number of nitriles is 1. The average molecular weight is 280 g/mol. The van der Waals surface area contributed by atoms with E-state index in [-0.39, 0.29) is 0 Å². The predicted molar refractivity (Wildman–Crippen MR) is 72.1 cm³/mol. The molecule has 0 aliphatic heterocycles. The molecule has 1 aromatic carbocycles. The Kier molecular flexibility index (Phi) is 4.03. The van der Waals surface area contributed by atoms with Gasteiger partial charge in [0, 0.05) is 0 Å². The van der Waals surface area contributed by atoms with Gasteiger partial charge >= 0.3 is 0 Å². The second-order valence-corrected chi connectivity index (χ2v) is 5.10. The van der Waals surface area contributed by atoms with Crippen LogP contribution in [0.15, 0.2) is 30.5 Å². The highest BCUT2D eigenvalue weighted by Gasteiger charge is 2.16. The van der Waals surface area contributed by atoms with E-state index in [0.29, 0.717) is 15.1 Å². The zero-order valence-corrected chi connectivity index (χ0v) is 11.1. The van der Waals surface area contributed by atoms with Crippen molar-refractivity contribution >= 4 is 28.6 Å². The van der Waals surface area contributed by atoms with Gasteiger partial charge < -0.3 is 10.1 Å². The van der Waals surface area contributed by atoms with Crippen LogP contribution in [0.25, 0.3) is 0 Å². The Hall–Kier alpha value is -1.77. The first kappa shape index (κ1) is 12.7. The fourth-order valence-corrected chi connectivity index (χ4v) is 2.40. The van der Waals surface area contributed by atoms with Gasteiger partial charge in [-0.2, -0.15) is 5.26 Å². The number of ether oxygens (including phenoxy) is 1. The minimum Gasteiger partial charge on any atom is -0.495 e. The van der Waals surface area contributed by atoms with Crippen molar-refractivity contribution in [2.45, 2.75) is 6.04 Å². The van der Waals surface area contributed by atoms with Gasteiger partial charge in [-0.05, 0) is 12.1 Å². The van der Waals surface area contributed by atoms with Crippen LogP contribution in [-0.4, -0.2) is 12.1 Å². The first-order valence-corrected chi connectivity index (χ1v) is 6.34. The summed E-state index contributed by atoms with van der Waals surface area (Å²) >= 11 is 7.10. The second-order valence-electron chi connectivity index (χ2n) is 3.41. The second kappa shape index (κ2) is 5.71. The molecule has 1 heterocycles. The number of para-hydroxylation sites is 2. The molecule has 0 saturated carbocycles. The largest absolute Gasteiger partial charge is 0.495 e. The van der Waals surface area contributed by atoms with E-state index in [1.165, 1.54) is 17.5 Å². The predicted octanol–water partition coefficient (Wildman–Crippen LogP) is 3.48. The van der Waals surface area contributed by atoms with Gasteiger partial charge in [0.05, 0.1) is 25.1 Å². The number of nitrogens with zero attached hydrogens (tertiary/aromatic N) is 2.